The molecule has 2 aliphatic heterocycles. The fourth-order valence-corrected chi connectivity index (χ4v) is 3.29. The predicted octanol–water partition coefficient (Wildman–Crippen LogP) is 9.34. The number of epoxide rings is 1. The van der Waals surface area contributed by atoms with Crippen LogP contribution in [0.5, 0.6) is 0 Å². The summed E-state index contributed by atoms with van der Waals surface area (Å²) in [6, 6.07) is 0. The normalized spacial score (nSPS) is 21.9. The van der Waals surface area contributed by atoms with Crippen molar-refractivity contribution in [1.29, 1.82) is 0 Å². The highest BCUT2D eigenvalue weighted by Gasteiger charge is 2.51. The number of carbonyl (C=O) groups is 1. The second-order valence-corrected chi connectivity index (χ2v) is 9.53. The molecule has 5 heteroatoms. The van der Waals surface area contributed by atoms with Gasteiger partial charge in [0, 0.05) is 27.2 Å². The third-order valence-electron chi connectivity index (χ3n) is 4.90. The van der Waals surface area contributed by atoms with Crippen LogP contribution in [0.25, 0.3) is 0 Å². The first-order valence-electron chi connectivity index (χ1n) is 14.7. The van der Waals surface area contributed by atoms with Gasteiger partial charge in [0.25, 0.3) is 5.97 Å². The Balaban J connectivity index is -0.000000141. The summed E-state index contributed by atoms with van der Waals surface area (Å²) in [5, 5.41) is 14.4. The van der Waals surface area contributed by atoms with Crippen LogP contribution in [0.2, 0.25) is 0 Å². The largest absolute Gasteiger partial charge is 0.481 e. The standard InChI is InChI=1S/C16H28O.C6H12O.C3H8.C2H4O2.2C2H6.CH4O/c1-6-7-8-9-14(4)12-16(5)15(17-16)11-10-13(2)3;1-6-3-2-4-7-5-6;1-3-2;1-2(3)4;3*1-2/h6-9,13-15H,10-12H2,1-5H3;6H,2-5H2,1H3;3H2,1-2H3;1H3,(H,3,4);2*1-2H3;2H,1H3/b7-6-,9-8+;;;;;;/t14?,15?,16-;;;;;;/m1....../s1. The molecule has 37 heavy (non-hydrogen) atoms. The van der Waals surface area contributed by atoms with Crippen molar-refractivity contribution in [3.05, 3.63) is 24.3 Å². The van der Waals surface area contributed by atoms with E-state index < -0.39 is 5.97 Å². The predicted molar refractivity (Wildman–Crippen MR) is 164 cm³/mol. The molecule has 0 aromatic heterocycles. The Labute approximate surface area is 233 Å². The molecule has 2 rings (SSSR count). The summed E-state index contributed by atoms with van der Waals surface area (Å²) in [4.78, 5) is 9.00. The van der Waals surface area contributed by atoms with Crippen LogP contribution in [-0.4, -0.2) is 48.2 Å². The van der Waals surface area contributed by atoms with Crippen LogP contribution in [0.15, 0.2) is 24.3 Å². The topological polar surface area (TPSA) is 79.3 Å². The summed E-state index contributed by atoms with van der Waals surface area (Å²) in [6.45, 7) is 28.7. The van der Waals surface area contributed by atoms with Gasteiger partial charge >= 0.3 is 0 Å². The number of hydrogen-bond donors (Lipinski definition) is 2. The molecule has 2 N–H and O–H groups in total. The van der Waals surface area contributed by atoms with Gasteiger partial charge in [-0.3, -0.25) is 4.79 Å². The third-order valence-corrected chi connectivity index (χ3v) is 4.90. The lowest BCUT2D eigenvalue weighted by Crippen LogP contribution is -2.14. The van der Waals surface area contributed by atoms with Crippen LogP contribution >= 0.6 is 0 Å². The number of rotatable bonds is 7. The SMILES string of the molecule is C/C=C\C=C\C(C)C[C@@]1(C)OC1CCC(C)C.CC.CC.CC(=O)O.CC1CCCOC1.CCC.CO. The minimum Gasteiger partial charge on any atom is -0.481 e. The molecule has 0 spiro atoms. The number of aliphatic carboxylic acids is 1. The van der Waals surface area contributed by atoms with Crippen LogP contribution in [0.1, 0.15) is 129 Å². The molecule has 2 saturated heterocycles. The van der Waals surface area contributed by atoms with Crippen molar-refractivity contribution in [2.24, 2.45) is 17.8 Å². The number of allylic oxidation sites excluding steroid dienone is 4. The quantitative estimate of drug-likeness (QED) is 0.252. The van der Waals surface area contributed by atoms with Crippen LogP contribution in [0.4, 0.5) is 0 Å². The molecule has 5 nitrogen and oxygen atoms in total. The summed E-state index contributed by atoms with van der Waals surface area (Å²) in [5.74, 6) is 1.37. The fourth-order valence-electron chi connectivity index (χ4n) is 3.29. The van der Waals surface area contributed by atoms with E-state index in [9.17, 15) is 0 Å². The van der Waals surface area contributed by atoms with Crippen molar-refractivity contribution in [2.45, 2.75) is 140 Å². The number of carboxylic acid groups (broad SMARTS) is 1. The Morgan fingerprint density at radius 1 is 1.08 bits per heavy atom. The van der Waals surface area contributed by atoms with Gasteiger partial charge in [0.1, 0.15) is 0 Å². The smallest absolute Gasteiger partial charge is 0.300 e. The van der Waals surface area contributed by atoms with E-state index in [1.54, 1.807) is 0 Å². The van der Waals surface area contributed by atoms with Gasteiger partial charge in [-0.05, 0) is 63.7 Å². The Morgan fingerprint density at radius 2 is 1.57 bits per heavy atom. The van der Waals surface area contributed by atoms with Crippen LogP contribution in [0.3, 0.4) is 0 Å². The number of carboxylic acids is 1. The highest BCUT2D eigenvalue weighted by Crippen LogP contribution is 2.44. The lowest BCUT2D eigenvalue weighted by molar-refractivity contribution is -0.134. The molecule has 0 saturated carbocycles. The zero-order valence-corrected chi connectivity index (χ0v) is 27.4. The maximum absolute atomic E-state index is 9.00. The van der Waals surface area contributed by atoms with Crippen molar-refractivity contribution in [3.63, 3.8) is 0 Å². The monoisotopic (exact) mass is 533 g/mol. The molecule has 226 valence electrons. The first-order valence-corrected chi connectivity index (χ1v) is 14.7. The summed E-state index contributed by atoms with van der Waals surface area (Å²) in [5.41, 5.74) is 0.147. The second kappa shape index (κ2) is 34.8. The highest BCUT2D eigenvalue weighted by molar-refractivity contribution is 5.62. The summed E-state index contributed by atoms with van der Waals surface area (Å²) in [7, 11) is 1.00. The first-order chi connectivity index (χ1) is 17.5. The Morgan fingerprint density at radius 3 is 1.89 bits per heavy atom. The number of aliphatic hydroxyl groups excluding tert-OH is 1. The highest BCUT2D eigenvalue weighted by atomic mass is 16.6. The maximum atomic E-state index is 9.00. The molecule has 2 aliphatic rings. The van der Waals surface area contributed by atoms with Crippen LogP contribution in [-0.2, 0) is 14.3 Å². The van der Waals surface area contributed by atoms with Gasteiger partial charge in [-0.15, -0.1) is 0 Å². The zero-order chi connectivity index (χ0) is 30.3. The Kier molecular flexibility index (Phi) is 43.0. The van der Waals surface area contributed by atoms with Crippen LogP contribution < -0.4 is 0 Å². The van der Waals surface area contributed by atoms with Gasteiger partial charge < -0.3 is 19.7 Å². The molecule has 3 unspecified atom stereocenters. The van der Waals surface area contributed by atoms with E-state index in [0.717, 1.165) is 45.5 Å². The second-order valence-electron chi connectivity index (χ2n) is 9.53. The molecule has 0 radical (unpaired) electrons. The molecule has 0 amide bonds. The summed E-state index contributed by atoms with van der Waals surface area (Å²) in [6.07, 6.45) is 16.6. The molecule has 0 aromatic carbocycles. The van der Waals surface area contributed by atoms with E-state index in [0.29, 0.717) is 12.0 Å². The van der Waals surface area contributed by atoms with Crippen LogP contribution in [0, 0.1) is 17.8 Å². The number of ether oxygens (including phenoxy) is 2. The van der Waals surface area contributed by atoms with Gasteiger partial charge in [-0.1, -0.05) is 100.0 Å². The molecular weight excluding hydrogens is 464 g/mol. The van der Waals surface area contributed by atoms with Crippen molar-refractivity contribution in [3.8, 4) is 0 Å². The minimum atomic E-state index is -0.833. The Bertz CT molecular complexity index is 478. The lowest BCUT2D eigenvalue weighted by atomic mass is 9.91. The van der Waals surface area contributed by atoms with E-state index in [2.05, 4.69) is 72.8 Å². The molecule has 2 fully saturated rings. The lowest BCUT2D eigenvalue weighted by Gasteiger charge is -2.16. The van der Waals surface area contributed by atoms with Crippen molar-refractivity contribution < 1.29 is 24.5 Å². The number of hydrogen-bond acceptors (Lipinski definition) is 4. The van der Waals surface area contributed by atoms with Gasteiger partial charge in [-0.2, -0.15) is 0 Å². The van der Waals surface area contributed by atoms with Crippen molar-refractivity contribution in [1.82, 2.24) is 0 Å². The van der Waals surface area contributed by atoms with Gasteiger partial charge in [-0.25, -0.2) is 0 Å². The average Bonchev–Trinajstić information content (AvgIpc) is 3.51. The fraction of sp³-hybridized carbons (Fsp3) is 0.844. The van der Waals surface area contributed by atoms with E-state index in [1.807, 2.05) is 34.6 Å². The molecule has 2 heterocycles. The van der Waals surface area contributed by atoms with Gasteiger partial charge in [0.2, 0.25) is 0 Å². The number of aliphatic hydroxyl groups is 1. The molecule has 0 bridgehead atoms. The zero-order valence-electron chi connectivity index (χ0n) is 27.4. The maximum Gasteiger partial charge on any atom is 0.300 e. The first kappa shape index (κ1) is 45.7. The van der Waals surface area contributed by atoms with E-state index in [1.165, 1.54) is 32.1 Å². The Hall–Kier alpha value is -1.17. The third kappa shape index (κ3) is 39.5. The van der Waals surface area contributed by atoms with E-state index in [4.69, 9.17) is 24.5 Å². The van der Waals surface area contributed by atoms with Gasteiger partial charge in [0.05, 0.1) is 11.7 Å². The summed E-state index contributed by atoms with van der Waals surface area (Å²) < 4.78 is 11.1. The molecule has 0 aromatic rings. The average molecular weight is 533 g/mol. The molecule has 0 aliphatic carbocycles. The van der Waals surface area contributed by atoms with Crippen molar-refractivity contribution in [2.75, 3.05) is 20.3 Å². The molecule has 4 atom stereocenters. The molecular formula is C32H68O5. The van der Waals surface area contributed by atoms with E-state index >= 15 is 0 Å². The minimum absolute atomic E-state index is 0.147. The van der Waals surface area contributed by atoms with Crippen molar-refractivity contribution >= 4 is 5.97 Å². The summed E-state index contributed by atoms with van der Waals surface area (Å²) >= 11 is 0. The van der Waals surface area contributed by atoms with E-state index in [-0.39, 0.29) is 5.60 Å². The van der Waals surface area contributed by atoms with Gasteiger partial charge in [0.15, 0.2) is 0 Å².